The van der Waals surface area contributed by atoms with Crippen LogP contribution in [0.5, 0.6) is 0 Å². The molecule has 2 heterocycles. The number of fused-ring (bicyclic) bond motifs is 1. The minimum atomic E-state index is -0.378. The molecule has 0 aromatic heterocycles. The first kappa shape index (κ1) is 18.4. The van der Waals surface area contributed by atoms with Crippen molar-refractivity contribution in [2.75, 3.05) is 24.5 Å². The third-order valence-electron chi connectivity index (χ3n) is 5.50. The molecule has 2 aromatic carbocycles. The Morgan fingerprint density at radius 2 is 1.79 bits per heavy atom. The lowest BCUT2D eigenvalue weighted by molar-refractivity contribution is 0.0655. The fourth-order valence-electron chi connectivity index (χ4n) is 3.86. The average molecular weight is 377 g/mol. The largest absolute Gasteiger partial charge is 0.333 e. The van der Waals surface area contributed by atoms with Gasteiger partial charge in [-0.15, -0.1) is 0 Å². The lowest BCUT2D eigenvalue weighted by Gasteiger charge is -2.34. The van der Waals surface area contributed by atoms with Gasteiger partial charge in [0.2, 0.25) is 0 Å². The zero-order valence-corrected chi connectivity index (χ0v) is 16.3. The highest BCUT2D eigenvalue weighted by molar-refractivity contribution is 6.35. The van der Waals surface area contributed by atoms with E-state index in [1.165, 1.54) is 4.90 Å². The summed E-state index contributed by atoms with van der Waals surface area (Å²) in [4.78, 5) is 41.9. The summed E-state index contributed by atoms with van der Waals surface area (Å²) in [5.74, 6) is -0.831. The number of nitrogens with one attached hydrogen (secondary N) is 1. The molecule has 0 aliphatic carbocycles. The van der Waals surface area contributed by atoms with Crippen LogP contribution in [0, 0.1) is 13.8 Å². The van der Waals surface area contributed by atoms with E-state index in [2.05, 4.69) is 5.32 Å². The van der Waals surface area contributed by atoms with Crippen LogP contribution in [-0.2, 0) is 0 Å². The van der Waals surface area contributed by atoms with Crippen molar-refractivity contribution in [1.29, 1.82) is 0 Å². The summed E-state index contributed by atoms with van der Waals surface area (Å²) in [7, 11) is 0. The van der Waals surface area contributed by atoms with Crippen LogP contribution in [0.3, 0.4) is 0 Å². The van der Waals surface area contributed by atoms with Gasteiger partial charge in [0.1, 0.15) is 0 Å². The smallest absolute Gasteiger partial charge is 0.266 e. The Bertz CT molecular complexity index is 999. The van der Waals surface area contributed by atoms with Gasteiger partial charge in [-0.1, -0.05) is 12.1 Å². The number of carbonyl (C=O) groups excluding carboxylic acids is 3. The van der Waals surface area contributed by atoms with Gasteiger partial charge in [-0.3, -0.25) is 14.4 Å². The highest BCUT2D eigenvalue weighted by Crippen LogP contribution is 2.32. The van der Waals surface area contributed by atoms with E-state index in [1.807, 2.05) is 43.9 Å². The number of nitrogens with zero attached hydrogens (tertiary/aromatic N) is 2. The van der Waals surface area contributed by atoms with E-state index in [1.54, 1.807) is 18.2 Å². The number of hydrogen-bond donors (Lipinski definition) is 1. The predicted octanol–water partition coefficient (Wildman–Crippen LogP) is 2.54. The second-order valence-corrected chi connectivity index (χ2v) is 7.55. The summed E-state index contributed by atoms with van der Waals surface area (Å²) in [5.41, 5.74) is 3.49. The standard InChI is InChI=1S/C22H23N3O3/c1-13-4-5-14(2)19(10-13)25-21(27)17-7-6-16(11-18(17)22(25)28)20(26)24-9-8-23-12-15(24)3/h4-7,10-11,15,23H,8-9,12H2,1-3H3/t15-/m0/s1. The van der Waals surface area contributed by atoms with E-state index < -0.39 is 0 Å². The molecule has 6 heteroatoms. The van der Waals surface area contributed by atoms with Crippen molar-refractivity contribution in [3.8, 4) is 0 Å². The molecule has 4 rings (SSSR count). The monoisotopic (exact) mass is 377 g/mol. The first-order valence-corrected chi connectivity index (χ1v) is 9.50. The first-order valence-electron chi connectivity index (χ1n) is 9.50. The molecule has 3 amide bonds. The number of benzene rings is 2. The second kappa shape index (κ2) is 6.87. The molecule has 0 saturated carbocycles. The molecule has 6 nitrogen and oxygen atoms in total. The number of amides is 3. The van der Waals surface area contributed by atoms with Crippen molar-refractivity contribution in [2.24, 2.45) is 0 Å². The van der Waals surface area contributed by atoms with Crippen molar-refractivity contribution < 1.29 is 14.4 Å². The van der Waals surface area contributed by atoms with Crippen LogP contribution >= 0.6 is 0 Å². The van der Waals surface area contributed by atoms with E-state index in [0.717, 1.165) is 24.2 Å². The molecule has 0 bridgehead atoms. The Labute approximate surface area is 164 Å². The molecule has 2 aliphatic rings. The summed E-state index contributed by atoms with van der Waals surface area (Å²) in [6.07, 6.45) is 0. The zero-order valence-electron chi connectivity index (χ0n) is 16.3. The lowest BCUT2D eigenvalue weighted by Crippen LogP contribution is -2.52. The highest BCUT2D eigenvalue weighted by Gasteiger charge is 2.38. The van der Waals surface area contributed by atoms with Crippen LogP contribution in [0.25, 0.3) is 0 Å². The van der Waals surface area contributed by atoms with Gasteiger partial charge in [0.15, 0.2) is 0 Å². The molecule has 0 unspecified atom stereocenters. The van der Waals surface area contributed by atoms with E-state index in [0.29, 0.717) is 28.9 Å². The number of hydrogen-bond acceptors (Lipinski definition) is 4. The summed E-state index contributed by atoms with van der Waals surface area (Å²) in [5, 5.41) is 3.26. The van der Waals surface area contributed by atoms with Crippen LogP contribution in [0.4, 0.5) is 5.69 Å². The topological polar surface area (TPSA) is 69.7 Å². The number of imide groups is 1. The number of anilines is 1. The van der Waals surface area contributed by atoms with Gasteiger partial charge in [0.25, 0.3) is 17.7 Å². The molecular weight excluding hydrogens is 354 g/mol. The molecule has 144 valence electrons. The van der Waals surface area contributed by atoms with Crippen LogP contribution in [0.2, 0.25) is 0 Å². The van der Waals surface area contributed by atoms with E-state index in [9.17, 15) is 14.4 Å². The molecule has 1 N–H and O–H groups in total. The minimum absolute atomic E-state index is 0.0817. The molecular formula is C22H23N3O3. The number of piperazine rings is 1. The van der Waals surface area contributed by atoms with Gasteiger partial charge in [-0.05, 0) is 56.2 Å². The normalized spacial score (nSPS) is 19.2. The molecule has 1 saturated heterocycles. The Kier molecular flexibility index (Phi) is 4.51. The summed E-state index contributed by atoms with van der Waals surface area (Å²) in [6, 6.07) is 10.6. The second-order valence-electron chi connectivity index (χ2n) is 7.55. The third kappa shape index (κ3) is 2.90. The van der Waals surface area contributed by atoms with E-state index in [-0.39, 0.29) is 23.8 Å². The third-order valence-corrected chi connectivity index (χ3v) is 5.50. The number of carbonyl (C=O) groups is 3. The number of rotatable bonds is 2. The van der Waals surface area contributed by atoms with E-state index in [4.69, 9.17) is 0 Å². The average Bonchev–Trinajstić information content (AvgIpc) is 2.94. The first-order chi connectivity index (χ1) is 13.4. The Hall–Kier alpha value is -2.99. The van der Waals surface area contributed by atoms with Crippen molar-refractivity contribution in [2.45, 2.75) is 26.8 Å². The minimum Gasteiger partial charge on any atom is -0.333 e. The quantitative estimate of drug-likeness (QED) is 0.817. The maximum atomic E-state index is 13.1. The van der Waals surface area contributed by atoms with Crippen molar-refractivity contribution >= 4 is 23.4 Å². The predicted molar refractivity (Wildman–Crippen MR) is 107 cm³/mol. The Morgan fingerprint density at radius 3 is 2.54 bits per heavy atom. The molecule has 1 atom stereocenters. The van der Waals surface area contributed by atoms with Gasteiger partial charge >= 0.3 is 0 Å². The van der Waals surface area contributed by atoms with Gasteiger partial charge in [-0.25, -0.2) is 4.90 Å². The fourth-order valence-corrected chi connectivity index (χ4v) is 3.86. The van der Waals surface area contributed by atoms with Crippen LogP contribution in [0.15, 0.2) is 36.4 Å². The fraction of sp³-hybridized carbons (Fsp3) is 0.318. The molecule has 0 spiro atoms. The van der Waals surface area contributed by atoms with Gasteiger partial charge < -0.3 is 10.2 Å². The maximum Gasteiger partial charge on any atom is 0.266 e. The zero-order chi connectivity index (χ0) is 20.0. The Morgan fingerprint density at radius 1 is 1.04 bits per heavy atom. The van der Waals surface area contributed by atoms with Crippen molar-refractivity contribution in [3.63, 3.8) is 0 Å². The van der Waals surface area contributed by atoms with Crippen molar-refractivity contribution in [3.05, 3.63) is 64.2 Å². The van der Waals surface area contributed by atoms with Gasteiger partial charge in [0.05, 0.1) is 16.8 Å². The van der Waals surface area contributed by atoms with Crippen LogP contribution in [-0.4, -0.2) is 48.3 Å². The van der Waals surface area contributed by atoms with Gasteiger partial charge in [-0.2, -0.15) is 0 Å². The van der Waals surface area contributed by atoms with Crippen LogP contribution in [0.1, 0.15) is 49.1 Å². The summed E-state index contributed by atoms with van der Waals surface area (Å²) in [6.45, 7) is 7.91. The number of aryl methyl sites for hydroxylation is 2. The maximum absolute atomic E-state index is 13.1. The molecule has 0 radical (unpaired) electrons. The summed E-state index contributed by atoms with van der Waals surface area (Å²) < 4.78 is 0. The molecule has 28 heavy (non-hydrogen) atoms. The SMILES string of the molecule is Cc1ccc(C)c(N2C(=O)c3ccc(C(=O)N4CCNC[C@@H]4C)cc3C2=O)c1. The molecule has 1 fully saturated rings. The molecule has 2 aliphatic heterocycles. The Balaban J connectivity index is 1.69. The van der Waals surface area contributed by atoms with Crippen LogP contribution < -0.4 is 10.2 Å². The molecule has 2 aromatic rings. The van der Waals surface area contributed by atoms with E-state index >= 15 is 0 Å². The summed E-state index contributed by atoms with van der Waals surface area (Å²) >= 11 is 0. The lowest BCUT2D eigenvalue weighted by atomic mass is 10.0. The highest BCUT2D eigenvalue weighted by atomic mass is 16.2. The van der Waals surface area contributed by atoms with Crippen molar-refractivity contribution in [1.82, 2.24) is 10.2 Å². The van der Waals surface area contributed by atoms with Gasteiger partial charge in [0, 0.05) is 31.2 Å².